The van der Waals surface area contributed by atoms with Crippen LogP contribution >= 0.6 is 11.3 Å². The first-order valence-electron chi connectivity index (χ1n) is 5.51. The molecule has 1 aromatic carbocycles. The Labute approximate surface area is 115 Å². The molecule has 2 unspecified atom stereocenters. The lowest BCUT2D eigenvalue weighted by Gasteiger charge is -2.12. The Morgan fingerprint density at radius 3 is 2.26 bits per heavy atom. The van der Waals surface area contributed by atoms with Crippen molar-refractivity contribution in [3.8, 4) is 0 Å². The molecule has 6 heteroatoms. The van der Waals surface area contributed by atoms with Gasteiger partial charge < -0.3 is 0 Å². The van der Waals surface area contributed by atoms with E-state index in [1.807, 2.05) is 5.38 Å². The fourth-order valence-corrected chi connectivity index (χ4v) is 4.01. The highest BCUT2D eigenvalue weighted by atomic mass is 32.2. The summed E-state index contributed by atoms with van der Waals surface area (Å²) in [5.41, 5.74) is -0.0508. The number of rotatable bonds is 3. The number of hydrogen-bond donors (Lipinski definition) is 0. The smallest absolute Gasteiger partial charge is 0.253 e. The molecule has 0 radical (unpaired) electrons. The molecule has 1 nitrogen and oxygen atoms in total. The standard InChI is InChI=1S/C13H11F3OS2/c1-9(19(17)12-3-2-8-18-12)10-4-6-11(7-5-10)13(14,15)16/h2-9H,1H3. The second kappa shape index (κ2) is 5.46. The first-order chi connectivity index (χ1) is 8.89. The van der Waals surface area contributed by atoms with Gasteiger partial charge in [0.05, 0.1) is 25.8 Å². The molecule has 2 rings (SSSR count). The molecule has 0 N–H and O–H groups in total. The molecule has 0 aliphatic heterocycles. The van der Waals surface area contributed by atoms with Crippen LogP contribution in [0.25, 0.3) is 0 Å². The monoisotopic (exact) mass is 304 g/mol. The molecule has 19 heavy (non-hydrogen) atoms. The molecule has 0 saturated heterocycles. The van der Waals surface area contributed by atoms with Gasteiger partial charge in [0.2, 0.25) is 0 Å². The van der Waals surface area contributed by atoms with Crippen LogP contribution in [0.4, 0.5) is 13.2 Å². The zero-order chi connectivity index (χ0) is 14.0. The molecule has 1 heterocycles. The van der Waals surface area contributed by atoms with Crippen molar-refractivity contribution in [1.82, 2.24) is 0 Å². The highest BCUT2D eigenvalue weighted by Crippen LogP contribution is 2.32. The predicted octanol–water partition coefficient (Wildman–Crippen LogP) is 4.64. The Balaban J connectivity index is 2.21. The van der Waals surface area contributed by atoms with E-state index in [0.717, 1.165) is 16.3 Å². The normalized spacial score (nSPS) is 15.2. The summed E-state index contributed by atoms with van der Waals surface area (Å²) in [7, 11) is -1.24. The van der Waals surface area contributed by atoms with E-state index in [0.29, 0.717) is 5.56 Å². The summed E-state index contributed by atoms with van der Waals surface area (Å²) in [4.78, 5) is 0. The molecule has 1 aromatic heterocycles. The minimum absolute atomic E-state index is 0.332. The third-order valence-electron chi connectivity index (χ3n) is 2.72. The van der Waals surface area contributed by atoms with Gasteiger partial charge in [-0.1, -0.05) is 18.2 Å². The minimum atomic E-state index is -4.34. The van der Waals surface area contributed by atoms with Crippen molar-refractivity contribution in [2.45, 2.75) is 22.6 Å². The maximum Gasteiger partial charge on any atom is 0.416 e. The van der Waals surface area contributed by atoms with Crippen molar-refractivity contribution in [1.29, 1.82) is 0 Å². The number of alkyl halides is 3. The number of hydrogen-bond acceptors (Lipinski definition) is 2. The van der Waals surface area contributed by atoms with Crippen molar-refractivity contribution < 1.29 is 17.4 Å². The van der Waals surface area contributed by atoms with Crippen molar-refractivity contribution in [3.05, 3.63) is 52.9 Å². The van der Waals surface area contributed by atoms with E-state index in [4.69, 9.17) is 0 Å². The summed E-state index contributed by atoms with van der Waals surface area (Å²) in [5.74, 6) is 0. The molecule has 2 atom stereocenters. The lowest BCUT2D eigenvalue weighted by Crippen LogP contribution is -2.06. The highest BCUT2D eigenvalue weighted by molar-refractivity contribution is 7.87. The summed E-state index contributed by atoms with van der Waals surface area (Å²) >= 11 is 1.38. The van der Waals surface area contributed by atoms with Crippen LogP contribution in [0, 0.1) is 0 Å². The van der Waals surface area contributed by atoms with E-state index in [1.165, 1.54) is 23.5 Å². The average Bonchev–Trinajstić information content (AvgIpc) is 2.90. The van der Waals surface area contributed by atoms with Crippen LogP contribution in [0.2, 0.25) is 0 Å². The van der Waals surface area contributed by atoms with Crippen LogP contribution in [-0.2, 0) is 17.0 Å². The summed E-state index contributed by atoms with van der Waals surface area (Å²) in [6.45, 7) is 1.75. The lowest BCUT2D eigenvalue weighted by atomic mass is 10.1. The Morgan fingerprint density at radius 2 is 1.79 bits per heavy atom. The summed E-state index contributed by atoms with van der Waals surface area (Å²) in [6, 6.07) is 8.39. The van der Waals surface area contributed by atoms with Gasteiger partial charge in [-0.3, -0.25) is 4.21 Å². The van der Waals surface area contributed by atoms with Crippen molar-refractivity contribution >= 4 is 22.1 Å². The largest absolute Gasteiger partial charge is 0.416 e. The van der Waals surface area contributed by atoms with Crippen molar-refractivity contribution in [2.75, 3.05) is 0 Å². The van der Waals surface area contributed by atoms with Gasteiger partial charge in [0, 0.05) is 0 Å². The van der Waals surface area contributed by atoms with Gasteiger partial charge in [-0.15, -0.1) is 11.3 Å². The molecule has 0 fully saturated rings. The van der Waals surface area contributed by atoms with Crippen LogP contribution in [0.3, 0.4) is 0 Å². The molecular weight excluding hydrogens is 293 g/mol. The van der Waals surface area contributed by atoms with E-state index in [9.17, 15) is 17.4 Å². The summed E-state index contributed by atoms with van der Waals surface area (Å²) < 4.78 is 50.2. The quantitative estimate of drug-likeness (QED) is 0.807. The zero-order valence-electron chi connectivity index (χ0n) is 9.98. The molecule has 0 saturated carbocycles. The van der Waals surface area contributed by atoms with E-state index >= 15 is 0 Å². The van der Waals surface area contributed by atoms with Crippen LogP contribution in [0.1, 0.15) is 23.3 Å². The Bertz CT molecular complexity index is 559. The van der Waals surface area contributed by atoms with Gasteiger partial charge in [0.25, 0.3) is 0 Å². The number of benzene rings is 1. The highest BCUT2D eigenvalue weighted by Gasteiger charge is 2.30. The van der Waals surface area contributed by atoms with Crippen LogP contribution in [0.15, 0.2) is 46.0 Å². The second-order valence-electron chi connectivity index (χ2n) is 3.99. The predicted molar refractivity (Wildman–Crippen MR) is 70.6 cm³/mol. The molecule has 0 bridgehead atoms. The SMILES string of the molecule is CC(c1ccc(C(F)(F)F)cc1)S(=O)c1cccs1. The number of thiophene rings is 1. The fraction of sp³-hybridized carbons (Fsp3) is 0.231. The number of halogens is 3. The summed E-state index contributed by atoms with van der Waals surface area (Å²) in [6.07, 6.45) is -4.34. The second-order valence-corrected chi connectivity index (χ2v) is 6.94. The van der Waals surface area contributed by atoms with Gasteiger partial charge in [0.1, 0.15) is 0 Å². The third kappa shape index (κ3) is 3.25. The Morgan fingerprint density at radius 1 is 1.16 bits per heavy atom. The first kappa shape index (κ1) is 14.3. The molecule has 0 aliphatic carbocycles. The molecule has 0 amide bonds. The average molecular weight is 304 g/mol. The fourth-order valence-electron chi connectivity index (χ4n) is 1.62. The van der Waals surface area contributed by atoms with E-state index < -0.39 is 22.5 Å². The van der Waals surface area contributed by atoms with Gasteiger partial charge >= 0.3 is 6.18 Å². The van der Waals surface area contributed by atoms with Crippen LogP contribution in [0.5, 0.6) is 0 Å². The van der Waals surface area contributed by atoms with E-state index in [-0.39, 0.29) is 5.25 Å². The van der Waals surface area contributed by atoms with Crippen molar-refractivity contribution in [2.24, 2.45) is 0 Å². The maximum absolute atomic E-state index is 12.4. The van der Waals surface area contributed by atoms with Gasteiger partial charge in [0.15, 0.2) is 0 Å². The topological polar surface area (TPSA) is 17.1 Å². The molecule has 102 valence electrons. The van der Waals surface area contributed by atoms with Crippen LogP contribution < -0.4 is 0 Å². The Kier molecular flexibility index (Phi) is 4.10. The third-order valence-corrected chi connectivity index (χ3v) is 5.61. The molecular formula is C13H11F3OS2. The van der Waals surface area contributed by atoms with Crippen LogP contribution in [-0.4, -0.2) is 4.21 Å². The maximum atomic E-state index is 12.4. The van der Waals surface area contributed by atoms with Gasteiger partial charge in [-0.25, -0.2) is 0 Å². The van der Waals surface area contributed by atoms with Gasteiger partial charge in [-0.2, -0.15) is 13.2 Å². The van der Waals surface area contributed by atoms with E-state index in [2.05, 4.69) is 0 Å². The minimum Gasteiger partial charge on any atom is -0.253 e. The lowest BCUT2D eigenvalue weighted by molar-refractivity contribution is -0.137. The van der Waals surface area contributed by atoms with Crippen molar-refractivity contribution in [3.63, 3.8) is 0 Å². The van der Waals surface area contributed by atoms with Gasteiger partial charge in [-0.05, 0) is 36.1 Å². The molecule has 0 aliphatic rings. The molecule has 0 spiro atoms. The first-order valence-corrected chi connectivity index (χ1v) is 7.60. The summed E-state index contributed by atoms with van der Waals surface area (Å²) in [5, 5.41) is 1.49. The Hall–Kier alpha value is -1.14. The molecule has 2 aromatic rings. The van der Waals surface area contributed by atoms with E-state index in [1.54, 1.807) is 19.1 Å². The zero-order valence-corrected chi connectivity index (χ0v) is 11.6.